The number of anilines is 3. The highest BCUT2D eigenvalue weighted by molar-refractivity contribution is 9.11. The van der Waals surface area contributed by atoms with Crippen LogP contribution < -0.4 is 15.8 Å². The zero-order valence-corrected chi connectivity index (χ0v) is 12.6. The van der Waals surface area contributed by atoms with Crippen LogP contribution >= 0.6 is 31.9 Å². The van der Waals surface area contributed by atoms with Crippen LogP contribution in [0.2, 0.25) is 0 Å². The number of ether oxygens (including phenoxy) is 1. The molecule has 1 aromatic heterocycles. The summed E-state index contributed by atoms with van der Waals surface area (Å²) >= 11 is 6.74. The quantitative estimate of drug-likeness (QED) is 0.863. The van der Waals surface area contributed by atoms with Crippen molar-refractivity contribution < 1.29 is 4.74 Å². The van der Waals surface area contributed by atoms with Crippen LogP contribution in [-0.4, -0.2) is 17.1 Å². The number of hydrogen-bond donors (Lipinski definition) is 2. The second-order valence-electron chi connectivity index (χ2n) is 3.39. The lowest BCUT2D eigenvalue weighted by molar-refractivity contribution is 0.416. The van der Waals surface area contributed by atoms with E-state index >= 15 is 0 Å². The Kier molecular flexibility index (Phi) is 4.03. The van der Waals surface area contributed by atoms with Crippen molar-refractivity contribution in [2.24, 2.45) is 0 Å². The molecule has 0 aliphatic heterocycles. The highest BCUT2D eigenvalue weighted by Crippen LogP contribution is 2.33. The number of aromatic nitrogens is 2. The highest BCUT2D eigenvalue weighted by atomic mass is 79.9. The van der Waals surface area contributed by atoms with Crippen molar-refractivity contribution >= 4 is 49.2 Å². The molecule has 1 heterocycles. The average Bonchev–Trinajstić information content (AvgIpc) is 2.35. The first-order valence-corrected chi connectivity index (χ1v) is 6.57. The van der Waals surface area contributed by atoms with E-state index in [9.17, 15) is 0 Å². The number of methoxy groups -OCH3 is 1. The molecule has 1 aromatic carbocycles. The molecule has 3 N–H and O–H groups in total. The maximum atomic E-state index is 5.70. The first-order chi connectivity index (χ1) is 8.61. The van der Waals surface area contributed by atoms with E-state index in [1.807, 2.05) is 18.2 Å². The number of hydrogen-bond acceptors (Lipinski definition) is 5. The Morgan fingerprint density at radius 3 is 2.78 bits per heavy atom. The molecule has 94 valence electrons. The number of rotatable bonds is 3. The van der Waals surface area contributed by atoms with Gasteiger partial charge >= 0.3 is 0 Å². The monoisotopic (exact) mass is 372 g/mol. The van der Waals surface area contributed by atoms with E-state index in [1.54, 1.807) is 7.11 Å². The van der Waals surface area contributed by atoms with Crippen molar-refractivity contribution in [1.29, 1.82) is 0 Å². The summed E-state index contributed by atoms with van der Waals surface area (Å²) in [6, 6.07) is 5.64. The van der Waals surface area contributed by atoms with Crippen LogP contribution in [0.5, 0.6) is 5.75 Å². The van der Waals surface area contributed by atoms with Crippen LogP contribution in [0, 0.1) is 0 Å². The van der Waals surface area contributed by atoms with Gasteiger partial charge in [0, 0.05) is 4.47 Å². The van der Waals surface area contributed by atoms with Gasteiger partial charge in [0.25, 0.3) is 0 Å². The minimum absolute atomic E-state index is 0.376. The van der Waals surface area contributed by atoms with Crippen molar-refractivity contribution in [2.45, 2.75) is 0 Å². The number of nitrogens with two attached hydrogens (primary N) is 1. The summed E-state index contributed by atoms with van der Waals surface area (Å²) in [5.74, 6) is 1.67. The van der Waals surface area contributed by atoms with Crippen LogP contribution in [0.3, 0.4) is 0 Å². The Balaban J connectivity index is 2.39. The molecule has 5 nitrogen and oxygen atoms in total. The lowest BCUT2D eigenvalue weighted by Crippen LogP contribution is -2.01. The van der Waals surface area contributed by atoms with E-state index in [1.165, 1.54) is 6.33 Å². The van der Waals surface area contributed by atoms with Gasteiger partial charge in [-0.15, -0.1) is 0 Å². The molecule has 0 aliphatic carbocycles. The number of nitrogens with zero attached hydrogens (tertiary/aromatic N) is 2. The molecule has 0 aliphatic rings. The molecule has 0 unspecified atom stereocenters. The summed E-state index contributed by atoms with van der Waals surface area (Å²) in [6.07, 6.45) is 1.40. The lowest BCUT2D eigenvalue weighted by Gasteiger charge is -2.12. The molecule has 0 fully saturated rings. The van der Waals surface area contributed by atoms with Crippen LogP contribution in [0.1, 0.15) is 0 Å². The van der Waals surface area contributed by atoms with Crippen molar-refractivity contribution in [3.8, 4) is 5.75 Å². The molecule has 0 radical (unpaired) electrons. The van der Waals surface area contributed by atoms with Crippen molar-refractivity contribution in [2.75, 3.05) is 18.2 Å². The minimum Gasteiger partial charge on any atom is -0.495 e. The number of benzene rings is 1. The predicted octanol–water partition coefficient (Wildman–Crippen LogP) is 3.34. The average molecular weight is 374 g/mol. The maximum absolute atomic E-state index is 5.70. The van der Waals surface area contributed by atoms with Crippen LogP contribution in [0.4, 0.5) is 17.3 Å². The zero-order chi connectivity index (χ0) is 13.1. The van der Waals surface area contributed by atoms with Gasteiger partial charge in [0.05, 0.1) is 12.8 Å². The third-order valence-electron chi connectivity index (χ3n) is 2.23. The van der Waals surface area contributed by atoms with Gasteiger partial charge in [0.15, 0.2) is 0 Å². The van der Waals surface area contributed by atoms with E-state index in [0.29, 0.717) is 21.9 Å². The van der Waals surface area contributed by atoms with E-state index in [2.05, 4.69) is 47.1 Å². The second kappa shape index (κ2) is 5.53. The van der Waals surface area contributed by atoms with Gasteiger partial charge in [-0.1, -0.05) is 15.9 Å². The first kappa shape index (κ1) is 13.1. The summed E-state index contributed by atoms with van der Waals surface area (Å²) in [5.41, 5.74) is 6.48. The van der Waals surface area contributed by atoms with Crippen molar-refractivity contribution in [3.05, 3.63) is 33.5 Å². The summed E-state index contributed by atoms with van der Waals surface area (Å²) in [5, 5.41) is 3.14. The summed E-state index contributed by atoms with van der Waals surface area (Å²) in [4.78, 5) is 8.00. The maximum Gasteiger partial charge on any atom is 0.150 e. The smallest absolute Gasteiger partial charge is 0.150 e. The third kappa shape index (κ3) is 2.73. The Morgan fingerprint density at radius 2 is 2.06 bits per heavy atom. The van der Waals surface area contributed by atoms with Crippen LogP contribution in [0.25, 0.3) is 0 Å². The fourth-order valence-corrected chi connectivity index (χ4v) is 2.04. The molecule has 0 amide bonds. The molecule has 7 heteroatoms. The molecule has 2 rings (SSSR count). The Hall–Kier alpha value is -1.34. The summed E-state index contributed by atoms with van der Waals surface area (Å²) < 4.78 is 6.82. The van der Waals surface area contributed by atoms with Gasteiger partial charge in [0.1, 0.15) is 28.2 Å². The van der Waals surface area contributed by atoms with Gasteiger partial charge in [-0.2, -0.15) is 0 Å². The van der Waals surface area contributed by atoms with Crippen LogP contribution in [-0.2, 0) is 0 Å². The summed E-state index contributed by atoms with van der Waals surface area (Å²) in [6.45, 7) is 0. The van der Waals surface area contributed by atoms with Gasteiger partial charge in [-0.25, -0.2) is 9.97 Å². The second-order valence-corrected chi connectivity index (χ2v) is 5.10. The normalized spacial score (nSPS) is 10.2. The Labute approximate surface area is 121 Å². The van der Waals surface area contributed by atoms with Crippen LogP contribution in [0.15, 0.2) is 33.5 Å². The molecular weight excluding hydrogens is 364 g/mol. The molecule has 18 heavy (non-hydrogen) atoms. The first-order valence-electron chi connectivity index (χ1n) is 4.98. The molecule has 2 aromatic rings. The SMILES string of the molecule is COc1ccc(Br)cc1Nc1ncnc(N)c1Br. The van der Waals surface area contributed by atoms with E-state index in [0.717, 1.165) is 10.2 Å². The minimum atomic E-state index is 0.376. The number of nitrogens with one attached hydrogen (secondary N) is 1. The standard InChI is InChI=1S/C11H10Br2N4O/c1-18-8-3-2-6(12)4-7(8)17-11-9(13)10(14)15-5-16-11/h2-5H,1H3,(H3,14,15,16,17). The predicted molar refractivity (Wildman–Crippen MR) is 78.1 cm³/mol. The zero-order valence-electron chi connectivity index (χ0n) is 9.45. The van der Waals surface area contributed by atoms with E-state index in [-0.39, 0.29) is 0 Å². The Bertz CT molecular complexity index is 577. The molecule has 0 saturated carbocycles. The van der Waals surface area contributed by atoms with Crippen molar-refractivity contribution in [1.82, 2.24) is 9.97 Å². The molecular formula is C11H10Br2N4O. The number of halogens is 2. The van der Waals surface area contributed by atoms with Crippen molar-refractivity contribution in [3.63, 3.8) is 0 Å². The topological polar surface area (TPSA) is 73.1 Å². The van der Waals surface area contributed by atoms with Gasteiger partial charge in [-0.05, 0) is 34.1 Å². The fraction of sp³-hybridized carbons (Fsp3) is 0.0909. The molecule has 0 atom stereocenters. The molecule has 0 spiro atoms. The largest absolute Gasteiger partial charge is 0.495 e. The van der Waals surface area contributed by atoms with Gasteiger partial charge in [0.2, 0.25) is 0 Å². The third-order valence-corrected chi connectivity index (χ3v) is 3.51. The van der Waals surface area contributed by atoms with E-state index in [4.69, 9.17) is 10.5 Å². The highest BCUT2D eigenvalue weighted by Gasteiger charge is 2.09. The van der Waals surface area contributed by atoms with Gasteiger partial charge < -0.3 is 15.8 Å². The Morgan fingerprint density at radius 1 is 1.28 bits per heavy atom. The number of nitrogen functional groups attached to an aromatic ring is 1. The molecule has 0 bridgehead atoms. The van der Waals surface area contributed by atoms with E-state index < -0.39 is 0 Å². The molecule has 0 saturated heterocycles. The summed E-state index contributed by atoms with van der Waals surface area (Å²) in [7, 11) is 1.61. The fourth-order valence-electron chi connectivity index (χ4n) is 1.38. The van der Waals surface area contributed by atoms with Gasteiger partial charge in [-0.3, -0.25) is 0 Å². The lowest BCUT2D eigenvalue weighted by atomic mass is 10.3.